The van der Waals surface area contributed by atoms with Crippen molar-refractivity contribution in [2.24, 2.45) is 0 Å². The van der Waals surface area contributed by atoms with Crippen molar-refractivity contribution in [1.29, 1.82) is 0 Å². The van der Waals surface area contributed by atoms with Crippen LogP contribution in [0.3, 0.4) is 0 Å². The smallest absolute Gasteiger partial charge is 0.374 e. The summed E-state index contributed by atoms with van der Waals surface area (Å²) in [5.74, 6) is 0.101. The molecule has 5 rings (SSSR count). The van der Waals surface area contributed by atoms with Crippen LogP contribution in [0.25, 0.3) is 10.9 Å². The first-order valence-electron chi connectivity index (χ1n) is 10.5. The molecule has 2 heterocycles. The largest absolute Gasteiger partial charge is 0.431 e. The van der Waals surface area contributed by atoms with Crippen LogP contribution in [0.5, 0.6) is 11.6 Å². The molecule has 0 aliphatic rings. The molecule has 9 nitrogen and oxygen atoms in total. The molecule has 10 heteroatoms. The molecule has 0 atom stereocenters. The predicted molar refractivity (Wildman–Crippen MR) is 137 cm³/mol. The highest BCUT2D eigenvalue weighted by molar-refractivity contribution is 9.10. The van der Waals surface area contributed by atoms with Crippen molar-refractivity contribution >= 4 is 49.7 Å². The van der Waals surface area contributed by atoms with Crippen molar-refractivity contribution in [3.63, 3.8) is 0 Å². The van der Waals surface area contributed by atoms with Gasteiger partial charge in [-0.15, -0.1) is 0 Å². The maximum absolute atomic E-state index is 12.2. The third-order valence-electron chi connectivity index (χ3n) is 5.10. The maximum Gasteiger partial charge on any atom is 0.374 e. The average molecular weight is 529 g/mol. The number of rotatable bonds is 7. The highest BCUT2D eigenvalue weighted by Gasteiger charge is 2.27. The van der Waals surface area contributed by atoms with Crippen LogP contribution in [0.2, 0.25) is 0 Å². The molecule has 0 saturated carbocycles. The quantitative estimate of drug-likeness (QED) is 0.184. The van der Waals surface area contributed by atoms with Gasteiger partial charge in [-0.05, 0) is 42.5 Å². The van der Waals surface area contributed by atoms with Crippen molar-refractivity contribution in [3.05, 3.63) is 112 Å². The molecule has 0 amide bonds. The highest BCUT2D eigenvalue weighted by Crippen LogP contribution is 2.38. The van der Waals surface area contributed by atoms with E-state index in [9.17, 15) is 10.1 Å². The number of fused-ring (bicyclic) bond motifs is 1. The number of hydrogen-bond donors (Lipinski definition) is 1. The molecule has 0 radical (unpaired) electrons. The van der Waals surface area contributed by atoms with E-state index < -0.39 is 10.6 Å². The van der Waals surface area contributed by atoms with Gasteiger partial charge in [0.05, 0.1) is 16.3 Å². The topological polar surface area (TPSA) is 106 Å². The minimum absolute atomic E-state index is 0.0258. The molecule has 0 bridgehead atoms. The van der Waals surface area contributed by atoms with E-state index in [0.29, 0.717) is 11.3 Å². The predicted octanol–water partition coefficient (Wildman–Crippen LogP) is 6.65. The Morgan fingerprint density at radius 1 is 0.857 bits per heavy atom. The summed E-state index contributed by atoms with van der Waals surface area (Å²) >= 11 is 3.49. The number of benzene rings is 3. The second-order valence-corrected chi connectivity index (χ2v) is 8.15. The van der Waals surface area contributed by atoms with E-state index in [-0.39, 0.29) is 11.7 Å². The number of hydrogen-bond acceptors (Lipinski definition) is 8. The Morgan fingerprint density at radius 2 is 1.54 bits per heavy atom. The highest BCUT2D eigenvalue weighted by atomic mass is 79.9. The number of hydrazine groups is 1. The van der Waals surface area contributed by atoms with E-state index in [4.69, 9.17) is 4.74 Å². The summed E-state index contributed by atoms with van der Waals surface area (Å²) in [6, 6.07) is 25.9. The van der Waals surface area contributed by atoms with Crippen LogP contribution in [-0.4, -0.2) is 19.9 Å². The lowest BCUT2D eigenvalue weighted by Crippen LogP contribution is -2.25. The Kier molecular flexibility index (Phi) is 6.18. The molecule has 0 unspecified atom stereocenters. The minimum atomic E-state index is -0.569. The SMILES string of the molecule is O=[N+]([O-])c1c(NN(c2ccccc2)c2ccccc2)ncnc1Oc1ccc(Br)c2cccnc12. The molecule has 3 aromatic carbocycles. The molecule has 0 saturated heterocycles. The van der Waals surface area contributed by atoms with Crippen molar-refractivity contribution in [2.45, 2.75) is 0 Å². The standard InChI is InChI=1S/C25H17BrN6O3/c26-20-13-14-21(22-19(20)12-7-15-27-22)35-25-23(32(33)34)24(28-16-29-25)30-31(17-8-3-1-4-9-17)18-10-5-2-6-11-18/h1-16H,(H,28,29,30). The minimum Gasteiger partial charge on any atom is -0.431 e. The van der Waals surface area contributed by atoms with Gasteiger partial charge in [0, 0.05) is 16.1 Å². The number of anilines is 3. The number of nitrogens with one attached hydrogen (secondary N) is 1. The summed E-state index contributed by atoms with van der Waals surface area (Å²) in [6.07, 6.45) is 2.84. The zero-order chi connectivity index (χ0) is 24.2. The van der Waals surface area contributed by atoms with E-state index in [1.54, 1.807) is 29.4 Å². The molecule has 0 aliphatic carbocycles. The monoisotopic (exact) mass is 528 g/mol. The van der Waals surface area contributed by atoms with Gasteiger partial charge in [-0.3, -0.25) is 25.5 Å². The van der Waals surface area contributed by atoms with Crippen LogP contribution in [-0.2, 0) is 0 Å². The van der Waals surface area contributed by atoms with E-state index >= 15 is 0 Å². The number of halogens is 1. The number of aromatic nitrogens is 3. The number of nitro groups is 1. The third-order valence-corrected chi connectivity index (χ3v) is 5.80. The van der Waals surface area contributed by atoms with E-state index in [1.165, 1.54) is 6.33 Å². The zero-order valence-electron chi connectivity index (χ0n) is 18.1. The Bertz CT molecular complexity index is 1460. The Balaban J connectivity index is 1.58. The van der Waals surface area contributed by atoms with Crippen LogP contribution >= 0.6 is 15.9 Å². The van der Waals surface area contributed by atoms with E-state index in [2.05, 4.69) is 36.3 Å². The number of ether oxygens (including phenoxy) is 1. The zero-order valence-corrected chi connectivity index (χ0v) is 19.7. The van der Waals surface area contributed by atoms with Gasteiger partial charge < -0.3 is 4.74 Å². The Morgan fingerprint density at radius 3 is 2.20 bits per heavy atom. The van der Waals surface area contributed by atoms with Gasteiger partial charge in [0.2, 0.25) is 5.82 Å². The Hall–Kier alpha value is -4.57. The second-order valence-electron chi connectivity index (χ2n) is 7.30. The first kappa shape index (κ1) is 22.2. The van der Waals surface area contributed by atoms with Gasteiger partial charge in [-0.1, -0.05) is 58.4 Å². The molecule has 172 valence electrons. The maximum atomic E-state index is 12.2. The van der Waals surface area contributed by atoms with Gasteiger partial charge in [-0.2, -0.15) is 4.98 Å². The van der Waals surface area contributed by atoms with Crippen molar-refractivity contribution in [3.8, 4) is 11.6 Å². The van der Waals surface area contributed by atoms with Crippen LogP contribution < -0.4 is 15.2 Å². The van der Waals surface area contributed by atoms with Gasteiger partial charge in [0.25, 0.3) is 0 Å². The lowest BCUT2D eigenvalue weighted by molar-refractivity contribution is -0.385. The summed E-state index contributed by atoms with van der Waals surface area (Å²) < 4.78 is 6.77. The third kappa shape index (κ3) is 4.59. The molecule has 0 aliphatic heterocycles. The fourth-order valence-corrected chi connectivity index (χ4v) is 3.97. The Labute approximate surface area is 208 Å². The molecule has 0 fully saturated rings. The number of nitrogens with zero attached hydrogens (tertiary/aromatic N) is 5. The average Bonchev–Trinajstić information content (AvgIpc) is 2.90. The number of para-hydroxylation sites is 2. The summed E-state index contributed by atoms with van der Waals surface area (Å²) in [5.41, 5.74) is 4.73. The van der Waals surface area contributed by atoms with Crippen LogP contribution in [0.15, 0.2) is 102 Å². The van der Waals surface area contributed by atoms with Crippen LogP contribution in [0.4, 0.5) is 22.9 Å². The normalized spacial score (nSPS) is 10.7. The molecule has 35 heavy (non-hydrogen) atoms. The molecule has 0 spiro atoms. The van der Waals surface area contributed by atoms with Gasteiger partial charge >= 0.3 is 11.6 Å². The molecule has 1 N–H and O–H groups in total. The first-order chi connectivity index (χ1) is 17.1. The number of pyridine rings is 1. The summed E-state index contributed by atoms with van der Waals surface area (Å²) in [5, 5.41) is 14.7. The van der Waals surface area contributed by atoms with Gasteiger partial charge in [0.1, 0.15) is 11.8 Å². The first-order valence-corrected chi connectivity index (χ1v) is 11.3. The van der Waals surface area contributed by atoms with Gasteiger partial charge in [-0.25, -0.2) is 4.98 Å². The molecular weight excluding hydrogens is 512 g/mol. The van der Waals surface area contributed by atoms with Crippen molar-refractivity contribution in [1.82, 2.24) is 15.0 Å². The summed E-state index contributed by atoms with van der Waals surface area (Å²) in [6.45, 7) is 0. The lowest BCUT2D eigenvalue weighted by Gasteiger charge is -2.25. The summed E-state index contributed by atoms with van der Waals surface area (Å²) in [4.78, 5) is 24.2. The molecular formula is C25H17BrN6O3. The fourth-order valence-electron chi connectivity index (χ4n) is 3.52. The molecule has 2 aromatic heterocycles. The second kappa shape index (κ2) is 9.74. The van der Waals surface area contributed by atoms with E-state index in [1.807, 2.05) is 66.7 Å². The fraction of sp³-hybridized carbons (Fsp3) is 0. The van der Waals surface area contributed by atoms with Gasteiger partial charge in [0.15, 0.2) is 5.75 Å². The van der Waals surface area contributed by atoms with E-state index in [0.717, 1.165) is 21.2 Å². The van der Waals surface area contributed by atoms with Crippen LogP contribution in [0.1, 0.15) is 0 Å². The summed E-state index contributed by atoms with van der Waals surface area (Å²) in [7, 11) is 0. The lowest BCUT2D eigenvalue weighted by atomic mass is 10.2. The van der Waals surface area contributed by atoms with Crippen molar-refractivity contribution < 1.29 is 9.66 Å². The van der Waals surface area contributed by atoms with Crippen LogP contribution in [0, 0.1) is 10.1 Å². The molecule has 5 aromatic rings. The van der Waals surface area contributed by atoms with Crippen molar-refractivity contribution in [2.75, 3.05) is 10.4 Å².